The third-order valence-electron chi connectivity index (χ3n) is 4.47. The zero-order chi connectivity index (χ0) is 18.8. The number of amides is 1. The Labute approximate surface area is 164 Å². The van der Waals surface area contributed by atoms with Crippen LogP contribution in [0, 0.1) is 6.92 Å². The highest BCUT2D eigenvalue weighted by Gasteiger charge is 2.10. The van der Waals surface area contributed by atoms with Crippen molar-refractivity contribution in [3.8, 4) is 0 Å². The first kappa shape index (κ1) is 17.5. The molecule has 2 heterocycles. The molecule has 7 heteroatoms. The van der Waals surface area contributed by atoms with Crippen LogP contribution in [-0.2, 0) is 17.9 Å². The molecule has 1 amide bonds. The number of anilines is 1. The van der Waals surface area contributed by atoms with Gasteiger partial charge in [0.2, 0.25) is 5.91 Å². The van der Waals surface area contributed by atoms with E-state index in [0.717, 1.165) is 10.2 Å². The van der Waals surface area contributed by atoms with Crippen LogP contribution in [0.1, 0.15) is 11.3 Å². The molecule has 0 unspecified atom stereocenters. The molecule has 0 saturated carbocycles. The Morgan fingerprint density at radius 1 is 1.11 bits per heavy atom. The zero-order valence-corrected chi connectivity index (χ0v) is 16.3. The Balaban J connectivity index is 1.45. The second-order valence-electron chi connectivity index (χ2n) is 6.35. The normalized spacial score (nSPS) is 11.0. The highest BCUT2D eigenvalue weighted by atomic mass is 79.9. The Hall–Kier alpha value is -2.93. The van der Waals surface area contributed by atoms with E-state index in [4.69, 9.17) is 0 Å². The molecule has 0 fully saturated rings. The fourth-order valence-electron chi connectivity index (χ4n) is 3.04. The van der Waals surface area contributed by atoms with E-state index in [9.17, 15) is 4.79 Å². The van der Waals surface area contributed by atoms with Crippen LogP contribution in [0.2, 0.25) is 0 Å². The van der Waals surface area contributed by atoms with Crippen molar-refractivity contribution in [1.29, 1.82) is 0 Å². The van der Waals surface area contributed by atoms with E-state index in [2.05, 4.69) is 61.8 Å². The van der Waals surface area contributed by atoms with Gasteiger partial charge in [-0.15, -0.1) is 0 Å². The second-order valence-corrected chi connectivity index (χ2v) is 7.20. The Morgan fingerprint density at radius 3 is 2.74 bits per heavy atom. The van der Waals surface area contributed by atoms with Gasteiger partial charge in [0, 0.05) is 6.20 Å². The Kier molecular flexibility index (Phi) is 4.77. The largest absolute Gasteiger partial charge is 0.322 e. The van der Waals surface area contributed by atoms with E-state index < -0.39 is 0 Å². The summed E-state index contributed by atoms with van der Waals surface area (Å²) in [6.45, 7) is 2.71. The number of carbonyl (C=O) groups excluding carboxylic acids is 1. The van der Waals surface area contributed by atoms with E-state index >= 15 is 0 Å². The lowest BCUT2D eigenvalue weighted by Crippen LogP contribution is -2.20. The average Bonchev–Trinajstić information content (AvgIpc) is 3.23. The summed E-state index contributed by atoms with van der Waals surface area (Å²) in [6, 6.07) is 14.5. The van der Waals surface area contributed by atoms with Crippen LogP contribution in [0.4, 0.5) is 5.69 Å². The van der Waals surface area contributed by atoms with Gasteiger partial charge in [0.1, 0.15) is 6.54 Å². The number of aromatic nitrogens is 4. The number of rotatable bonds is 5. The molecule has 0 bridgehead atoms. The topological polar surface area (TPSA) is 64.7 Å². The fourth-order valence-corrected chi connectivity index (χ4v) is 3.34. The number of nitrogens with zero attached hydrogens (tertiary/aromatic N) is 4. The first-order chi connectivity index (χ1) is 13.1. The van der Waals surface area contributed by atoms with Gasteiger partial charge >= 0.3 is 0 Å². The quantitative estimate of drug-likeness (QED) is 0.527. The molecule has 27 heavy (non-hydrogen) atoms. The van der Waals surface area contributed by atoms with Crippen molar-refractivity contribution < 1.29 is 4.79 Å². The van der Waals surface area contributed by atoms with Gasteiger partial charge in [-0.1, -0.05) is 42.5 Å². The maximum absolute atomic E-state index is 12.3. The predicted octanol–water partition coefficient (Wildman–Crippen LogP) is 3.99. The van der Waals surface area contributed by atoms with E-state index in [1.54, 1.807) is 17.1 Å². The lowest BCUT2D eigenvalue weighted by atomic mass is 10.0. The molecule has 0 radical (unpaired) electrons. The molecule has 0 saturated heterocycles. The van der Waals surface area contributed by atoms with Crippen LogP contribution < -0.4 is 5.32 Å². The standard InChI is InChI=1S/C20H18BrN5O/c1-14-19(21)10-23-26(14)13-20(27)24-17-9-22-25(12-17)11-16-7-4-6-15-5-2-3-8-18(15)16/h2-10,12H,11,13H2,1H3,(H,24,27). The van der Waals surface area contributed by atoms with Crippen molar-refractivity contribution in [2.75, 3.05) is 5.32 Å². The van der Waals surface area contributed by atoms with Gasteiger partial charge in [-0.25, -0.2) is 0 Å². The van der Waals surface area contributed by atoms with Gasteiger partial charge in [0.15, 0.2) is 0 Å². The second kappa shape index (κ2) is 7.36. The molecule has 136 valence electrons. The predicted molar refractivity (Wildman–Crippen MR) is 109 cm³/mol. The van der Waals surface area contributed by atoms with Crippen molar-refractivity contribution in [2.45, 2.75) is 20.0 Å². The number of nitrogens with one attached hydrogen (secondary N) is 1. The van der Waals surface area contributed by atoms with E-state index in [1.807, 2.05) is 29.9 Å². The molecular formula is C20H18BrN5O. The lowest BCUT2D eigenvalue weighted by Gasteiger charge is -2.07. The van der Waals surface area contributed by atoms with Gasteiger partial charge in [-0.3, -0.25) is 14.2 Å². The highest BCUT2D eigenvalue weighted by Crippen LogP contribution is 2.20. The fraction of sp³-hybridized carbons (Fsp3) is 0.150. The molecule has 0 atom stereocenters. The maximum atomic E-state index is 12.3. The van der Waals surface area contributed by atoms with E-state index in [1.165, 1.54) is 16.3 Å². The molecule has 2 aromatic carbocycles. The van der Waals surface area contributed by atoms with Crippen LogP contribution in [0.3, 0.4) is 0 Å². The summed E-state index contributed by atoms with van der Waals surface area (Å²) in [5.41, 5.74) is 2.77. The summed E-state index contributed by atoms with van der Waals surface area (Å²) in [6.07, 6.45) is 5.19. The number of benzene rings is 2. The number of hydrogen-bond donors (Lipinski definition) is 1. The number of halogens is 1. The summed E-state index contributed by atoms with van der Waals surface area (Å²) in [4.78, 5) is 12.3. The number of carbonyl (C=O) groups is 1. The van der Waals surface area contributed by atoms with Crippen molar-refractivity contribution in [3.63, 3.8) is 0 Å². The lowest BCUT2D eigenvalue weighted by molar-refractivity contribution is -0.116. The molecule has 0 spiro atoms. The molecule has 2 aromatic heterocycles. The van der Waals surface area contributed by atoms with Crippen molar-refractivity contribution in [2.24, 2.45) is 0 Å². The number of hydrogen-bond acceptors (Lipinski definition) is 3. The van der Waals surface area contributed by atoms with Crippen molar-refractivity contribution in [3.05, 3.63) is 76.8 Å². The van der Waals surface area contributed by atoms with Crippen LogP contribution in [0.25, 0.3) is 10.8 Å². The SMILES string of the molecule is Cc1c(Br)cnn1CC(=O)Nc1cnn(Cc2cccc3ccccc23)c1. The minimum absolute atomic E-state index is 0.140. The smallest absolute Gasteiger partial charge is 0.246 e. The summed E-state index contributed by atoms with van der Waals surface area (Å²) in [7, 11) is 0. The summed E-state index contributed by atoms with van der Waals surface area (Å²) in [5, 5.41) is 13.8. The van der Waals surface area contributed by atoms with Crippen LogP contribution in [-0.4, -0.2) is 25.5 Å². The van der Waals surface area contributed by atoms with Gasteiger partial charge in [0.25, 0.3) is 0 Å². The van der Waals surface area contributed by atoms with Crippen LogP contribution >= 0.6 is 15.9 Å². The molecule has 0 aliphatic carbocycles. The minimum Gasteiger partial charge on any atom is -0.322 e. The minimum atomic E-state index is -0.140. The first-order valence-electron chi connectivity index (χ1n) is 8.57. The first-order valence-corrected chi connectivity index (χ1v) is 9.36. The maximum Gasteiger partial charge on any atom is 0.246 e. The third-order valence-corrected chi connectivity index (χ3v) is 5.24. The summed E-state index contributed by atoms with van der Waals surface area (Å²) >= 11 is 3.40. The van der Waals surface area contributed by atoms with E-state index in [-0.39, 0.29) is 12.5 Å². The zero-order valence-electron chi connectivity index (χ0n) is 14.8. The van der Waals surface area contributed by atoms with E-state index in [0.29, 0.717) is 12.2 Å². The molecule has 1 N–H and O–H groups in total. The average molecular weight is 424 g/mol. The summed E-state index contributed by atoms with van der Waals surface area (Å²) < 4.78 is 4.37. The molecule has 4 rings (SSSR count). The molecular weight excluding hydrogens is 406 g/mol. The number of fused-ring (bicyclic) bond motifs is 1. The highest BCUT2D eigenvalue weighted by molar-refractivity contribution is 9.10. The van der Waals surface area contributed by atoms with Gasteiger partial charge in [-0.05, 0) is 39.2 Å². The molecule has 4 aromatic rings. The molecule has 0 aliphatic rings. The molecule has 6 nitrogen and oxygen atoms in total. The molecule has 0 aliphatic heterocycles. The summed E-state index contributed by atoms with van der Waals surface area (Å²) in [5.74, 6) is -0.140. The van der Waals surface area contributed by atoms with Crippen LogP contribution in [0.15, 0.2) is 65.5 Å². The van der Waals surface area contributed by atoms with Crippen LogP contribution in [0.5, 0.6) is 0 Å². The monoisotopic (exact) mass is 423 g/mol. The Morgan fingerprint density at radius 2 is 1.93 bits per heavy atom. The third kappa shape index (κ3) is 3.78. The van der Waals surface area contributed by atoms with Gasteiger partial charge in [0.05, 0.1) is 34.8 Å². The van der Waals surface area contributed by atoms with Gasteiger partial charge in [-0.2, -0.15) is 10.2 Å². The van der Waals surface area contributed by atoms with Crippen molar-refractivity contribution >= 4 is 38.3 Å². The van der Waals surface area contributed by atoms with Gasteiger partial charge < -0.3 is 5.32 Å². The van der Waals surface area contributed by atoms with Crippen molar-refractivity contribution in [1.82, 2.24) is 19.6 Å². The Bertz CT molecular complexity index is 1110.